The maximum atomic E-state index is 11.9. The van der Waals surface area contributed by atoms with Crippen molar-refractivity contribution in [3.05, 3.63) is 51.9 Å². The minimum Gasteiger partial charge on any atom is -0.466 e. The van der Waals surface area contributed by atoms with Gasteiger partial charge in [0.1, 0.15) is 17.1 Å². The summed E-state index contributed by atoms with van der Waals surface area (Å²) in [5.41, 5.74) is 0.353. The van der Waals surface area contributed by atoms with Gasteiger partial charge in [-0.2, -0.15) is 0 Å². The summed E-state index contributed by atoms with van der Waals surface area (Å²) < 4.78 is 11.3. The first-order valence-corrected chi connectivity index (χ1v) is 9.13. The van der Waals surface area contributed by atoms with E-state index in [1.165, 1.54) is 0 Å². The van der Waals surface area contributed by atoms with E-state index in [4.69, 9.17) is 9.15 Å². The fourth-order valence-electron chi connectivity index (χ4n) is 1.98. The Kier molecular flexibility index (Phi) is 6.93. The van der Waals surface area contributed by atoms with Gasteiger partial charge in [-0.3, -0.25) is 4.79 Å². The molecule has 1 aromatic carbocycles. The second-order valence-electron chi connectivity index (χ2n) is 5.06. The Hall–Kier alpha value is -1.73. The number of rotatable bonds is 7. The molecule has 0 aliphatic heterocycles. The topological polar surface area (TPSA) is 68.5 Å². The zero-order chi connectivity index (χ0) is 17.5. The minimum absolute atomic E-state index is 0.300. The fraction of sp³-hybridized carbons (Fsp3) is 0.294. The molecule has 0 atom stereocenters. The summed E-state index contributed by atoms with van der Waals surface area (Å²) in [7, 11) is 0. The number of benzene rings is 1. The van der Waals surface area contributed by atoms with E-state index in [9.17, 15) is 9.59 Å². The number of furan rings is 1. The van der Waals surface area contributed by atoms with Crippen molar-refractivity contribution in [2.24, 2.45) is 0 Å². The maximum absolute atomic E-state index is 11.9. The van der Waals surface area contributed by atoms with Crippen molar-refractivity contribution in [2.45, 2.75) is 18.7 Å². The van der Waals surface area contributed by atoms with E-state index >= 15 is 0 Å². The normalized spacial score (nSPS) is 10.5. The van der Waals surface area contributed by atoms with Gasteiger partial charge in [0, 0.05) is 21.7 Å². The van der Waals surface area contributed by atoms with Crippen molar-refractivity contribution in [3.8, 4) is 0 Å². The Bertz CT molecular complexity index is 712. The number of ether oxygens (including phenoxy) is 1. The van der Waals surface area contributed by atoms with Gasteiger partial charge in [0.05, 0.1) is 0 Å². The summed E-state index contributed by atoms with van der Waals surface area (Å²) in [5.74, 6) is 0.987. The Morgan fingerprint density at radius 1 is 1.25 bits per heavy atom. The van der Waals surface area contributed by atoms with Gasteiger partial charge in [-0.05, 0) is 44.2 Å². The monoisotopic (exact) mass is 411 g/mol. The van der Waals surface area contributed by atoms with Gasteiger partial charge >= 0.3 is 5.97 Å². The van der Waals surface area contributed by atoms with E-state index in [0.29, 0.717) is 23.6 Å². The molecule has 1 amide bonds. The number of thioether (sulfide) groups is 1. The highest BCUT2D eigenvalue weighted by molar-refractivity contribution is 9.10. The summed E-state index contributed by atoms with van der Waals surface area (Å²) in [6.07, 6.45) is 0. The molecule has 1 N–H and O–H groups in total. The van der Waals surface area contributed by atoms with E-state index in [0.717, 1.165) is 15.1 Å². The molecule has 0 saturated carbocycles. The number of carbonyl (C=O) groups is 2. The van der Waals surface area contributed by atoms with Crippen LogP contribution in [0.5, 0.6) is 0 Å². The lowest BCUT2D eigenvalue weighted by Crippen LogP contribution is -2.30. The second-order valence-corrected chi connectivity index (χ2v) is 7.14. The third-order valence-corrected chi connectivity index (χ3v) is 4.64. The lowest BCUT2D eigenvalue weighted by molar-refractivity contribution is -0.124. The molecule has 0 unspecified atom stereocenters. The highest BCUT2D eigenvalue weighted by Crippen LogP contribution is 2.20. The molecule has 0 bridgehead atoms. The Labute approximate surface area is 153 Å². The molecule has 0 radical (unpaired) electrons. The van der Waals surface area contributed by atoms with Crippen LogP contribution in [0.1, 0.15) is 21.9 Å². The Morgan fingerprint density at radius 2 is 1.96 bits per heavy atom. The molecule has 5 nitrogen and oxygen atoms in total. The van der Waals surface area contributed by atoms with Gasteiger partial charge in [0.25, 0.3) is 5.91 Å². The number of hydrogen-bond acceptors (Lipinski definition) is 5. The van der Waals surface area contributed by atoms with Crippen molar-refractivity contribution in [1.29, 1.82) is 0 Å². The fourth-order valence-corrected chi connectivity index (χ4v) is 3.02. The molecular formula is C17H18BrNO4S. The third-order valence-electron chi connectivity index (χ3n) is 3.10. The van der Waals surface area contributed by atoms with Crippen LogP contribution < -0.4 is 5.32 Å². The molecule has 1 heterocycles. The van der Waals surface area contributed by atoms with Gasteiger partial charge < -0.3 is 14.5 Å². The molecule has 0 aliphatic rings. The average molecular weight is 412 g/mol. The number of hydrogen-bond donors (Lipinski definition) is 1. The second kappa shape index (κ2) is 8.94. The molecule has 24 heavy (non-hydrogen) atoms. The molecule has 0 saturated heterocycles. The lowest BCUT2D eigenvalue weighted by atomic mass is 10.2. The first-order chi connectivity index (χ1) is 11.5. The average Bonchev–Trinajstić information content (AvgIpc) is 2.89. The zero-order valence-electron chi connectivity index (χ0n) is 13.4. The van der Waals surface area contributed by atoms with Crippen LogP contribution in [0.2, 0.25) is 0 Å². The van der Waals surface area contributed by atoms with Crippen molar-refractivity contribution < 1.29 is 18.7 Å². The molecule has 2 aromatic rings. The standard InChI is InChI=1S/C17H18BrNO4S/c1-11-9-15(12(2)23-11)17(21)22-10-16(20)19-7-8-24-14-5-3-13(18)4-6-14/h3-6,9H,7-8,10H2,1-2H3,(H,19,20). The summed E-state index contributed by atoms with van der Waals surface area (Å²) in [6, 6.07) is 9.56. The van der Waals surface area contributed by atoms with Crippen LogP contribution in [0.25, 0.3) is 0 Å². The summed E-state index contributed by atoms with van der Waals surface area (Å²) in [5, 5.41) is 2.72. The van der Waals surface area contributed by atoms with Gasteiger partial charge in [0.2, 0.25) is 0 Å². The summed E-state index contributed by atoms with van der Waals surface area (Å²) in [4.78, 5) is 24.7. The van der Waals surface area contributed by atoms with Crippen molar-refractivity contribution in [3.63, 3.8) is 0 Å². The SMILES string of the molecule is Cc1cc(C(=O)OCC(=O)NCCSc2ccc(Br)cc2)c(C)o1. The summed E-state index contributed by atoms with van der Waals surface area (Å²) >= 11 is 5.03. The van der Waals surface area contributed by atoms with Crippen LogP contribution in [-0.2, 0) is 9.53 Å². The van der Waals surface area contributed by atoms with Crippen LogP contribution in [0, 0.1) is 13.8 Å². The maximum Gasteiger partial charge on any atom is 0.342 e. The molecule has 0 aliphatic carbocycles. The van der Waals surface area contributed by atoms with Crippen molar-refractivity contribution in [1.82, 2.24) is 5.32 Å². The van der Waals surface area contributed by atoms with Crippen LogP contribution in [0.4, 0.5) is 0 Å². The van der Waals surface area contributed by atoms with Crippen LogP contribution >= 0.6 is 27.7 Å². The molecule has 0 spiro atoms. The van der Waals surface area contributed by atoms with Crippen molar-refractivity contribution in [2.75, 3.05) is 18.9 Å². The number of halogens is 1. The number of amides is 1. The number of esters is 1. The lowest BCUT2D eigenvalue weighted by Gasteiger charge is -2.06. The van der Waals surface area contributed by atoms with Crippen molar-refractivity contribution >= 4 is 39.6 Å². The first kappa shape index (κ1) is 18.6. The third kappa shape index (κ3) is 5.72. The molecule has 1 aromatic heterocycles. The van der Waals surface area contributed by atoms with E-state index in [1.807, 2.05) is 24.3 Å². The van der Waals surface area contributed by atoms with E-state index < -0.39 is 5.97 Å². The van der Waals surface area contributed by atoms with Crippen LogP contribution in [0.3, 0.4) is 0 Å². The predicted molar refractivity (Wildman–Crippen MR) is 96.3 cm³/mol. The highest BCUT2D eigenvalue weighted by Gasteiger charge is 2.16. The molecular weight excluding hydrogens is 394 g/mol. The quantitative estimate of drug-likeness (QED) is 0.427. The largest absolute Gasteiger partial charge is 0.466 e. The number of aryl methyl sites for hydroxylation is 2. The first-order valence-electron chi connectivity index (χ1n) is 7.35. The van der Waals surface area contributed by atoms with Crippen LogP contribution in [0.15, 0.2) is 44.1 Å². The Balaban J connectivity index is 1.65. The molecule has 2 rings (SSSR count). The number of nitrogens with one attached hydrogen (secondary N) is 1. The number of carbonyl (C=O) groups excluding carboxylic acids is 2. The van der Waals surface area contributed by atoms with E-state index in [1.54, 1.807) is 31.7 Å². The molecule has 7 heteroatoms. The van der Waals surface area contributed by atoms with Gasteiger partial charge in [-0.25, -0.2) is 4.79 Å². The minimum atomic E-state index is -0.552. The molecule has 128 valence electrons. The van der Waals surface area contributed by atoms with E-state index in [2.05, 4.69) is 21.2 Å². The zero-order valence-corrected chi connectivity index (χ0v) is 15.8. The summed E-state index contributed by atoms with van der Waals surface area (Å²) in [6.45, 7) is 3.63. The highest BCUT2D eigenvalue weighted by atomic mass is 79.9. The predicted octanol–water partition coefficient (Wildman–Crippen LogP) is 3.72. The van der Waals surface area contributed by atoms with Crippen LogP contribution in [-0.4, -0.2) is 30.8 Å². The van der Waals surface area contributed by atoms with Gasteiger partial charge in [0.15, 0.2) is 6.61 Å². The van der Waals surface area contributed by atoms with E-state index in [-0.39, 0.29) is 12.5 Å². The Morgan fingerprint density at radius 3 is 2.58 bits per heavy atom. The van der Waals surface area contributed by atoms with Gasteiger partial charge in [-0.15, -0.1) is 11.8 Å². The van der Waals surface area contributed by atoms with Gasteiger partial charge in [-0.1, -0.05) is 15.9 Å². The molecule has 0 fully saturated rings. The smallest absolute Gasteiger partial charge is 0.342 e.